The Morgan fingerprint density at radius 3 is 2.55 bits per heavy atom. The van der Waals surface area contributed by atoms with E-state index in [2.05, 4.69) is 16.4 Å². The van der Waals surface area contributed by atoms with Crippen molar-refractivity contribution in [3.05, 3.63) is 17.7 Å². The third-order valence-corrected chi connectivity index (χ3v) is 3.49. The number of rotatable bonds is 5. The maximum Gasteiger partial charge on any atom is 0.176 e. The van der Waals surface area contributed by atoms with Gasteiger partial charge in [0.05, 0.1) is 18.9 Å². The van der Waals surface area contributed by atoms with Gasteiger partial charge in [-0.25, -0.2) is 4.98 Å². The molecule has 0 bridgehead atoms. The lowest BCUT2D eigenvalue weighted by molar-refractivity contribution is 0.294. The zero-order valence-electron chi connectivity index (χ0n) is 11.6. The van der Waals surface area contributed by atoms with E-state index in [1.807, 2.05) is 26.0 Å². The van der Waals surface area contributed by atoms with E-state index >= 15 is 0 Å². The average Bonchev–Trinajstić information content (AvgIpc) is 3.20. The van der Waals surface area contributed by atoms with Gasteiger partial charge >= 0.3 is 0 Å². The molecule has 1 unspecified atom stereocenters. The van der Waals surface area contributed by atoms with Crippen LogP contribution in [0.2, 0.25) is 0 Å². The summed E-state index contributed by atoms with van der Waals surface area (Å²) >= 11 is 0. The van der Waals surface area contributed by atoms with E-state index in [4.69, 9.17) is 10.5 Å². The Balaban J connectivity index is 2.34. The van der Waals surface area contributed by atoms with Crippen molar-refractivity contribution in [2.75, 3.05) is 0 Å². The molecule has 0 aliphatic heterocycles. The van der Waals surface area contributed by atoms with Gasteiger partial charge in [0.1, 0.15) is 17.7 Å². The van der Waals surface area contributed by atoms with Crippen LogP contribution in [0.25, 0.3) is 0 Å². The number of imidazole rings is 1. The van der Waals surface area contributed by atoms with Gasteiger partial charge in [-0.05, 0) is 32.6 Å². The Kier molecular flexibility index (Phi) is 3.74. The molecule has 1 aromatic rings. The molecule has 1 atom stereocenters. The van der Waals surface area contributed by atoms with Crippen molar-refractivity contribution in [1.29, 1.82) is 15.8 Å². The quantitative estimate of drug-likeness (QED) is 0.867. The van der Waals surface area contributed by atoms with E-state index in [1.165, 1.54) is 6.33 Å². The summed E-state index contributed by atoms with van der Waals surface area (Å²) in [5, 5.41) is 31.0. The van der Waals surface area contributed by atoms with Crippen LogP contribution < -0.4 is 5.32 Å². The average molecular weight is 268 g/mol. The minimum Gasteiger partial charge on any atom is -0.318 e. The van der Waals surface area contributed by atoms with Crippen LogP contribution in [0.5, 0.6) is 0 Å². The van der Waals surface area contributed by atoms with Crippen LogP contribution in [-0.4, -0.2) is 21.1 Å². The van der Waals surface area contributed by atoms with Gasteiger partial charge in [-0.3, -0.25) is 5.32 Å². The fourth-order valence-electron chi connectivity index (χ4n) is 2.51. The Labute approximate surface area is 118 Å². The number of nitrogens with one attached hydrogen (secondary N) is 1. The molecule has 0 aromatic carbocycles. The molecule has 1 aliphatic carbocycles. The largest absolute Gasteiger partial charge is 0.318 e. The monoisotopic (exact) mass is 268 g/mol. The second-order valence-electron chi connectivity index (χ2n) is 5.45. The van der Waals surface area contributed by atoms with E-state index in [9.17, 15) is 5.26 Å². The molecule has 0 spiro atoms. The first-order chi connectivity index (χ1) is 9.56. The summed E-state index contributed by atoms with van der Waals surface area (Å²) in [6, 6.07) is 6.44. The third kappa shape index (κ3) is 2.50. The zero-order chi connectivity index (χ0) is 14.8. The third-order valence-electron chi connectivity index (χ3n) is 3.49. The number of nitriles is 3. The lowest BCUT2D eigenvalue weighted by atomic mass is 9.93. The highest BCUT2D eigenvalue weighted by Gasteiger charge is 2.46. The Morgan fingerprint density at radius 1 is 1.40 bits per heavy atom. The Bertz CT molecular complexity index is 620. The molecule has 0 radical (unpaired) electrons. The number of aromatic nitrogens is 2. The van der Waals surface area contributed by atoms with Gasteiger partial charge in [-0.2, -0.15) is 15.8 Å². The second kappa shape index (κ2) is 5.33. The molecular weight excluding hydrogens is 252 g/mol. The molecule has 1 N–H and O–H groups in total. The molecule has 6 nitrogen and oxygen atoms in total. The van der Waals surface area contributed by atoms with Gasteiger partial charge in [0.2, 0.25) is 0 Å². The molecule has 1 aromatic heterocycles. The normalized spacial score (nSPS) is 17.0. The lowest BCUT2D eigenvalue weighted by Gasteiger charge is -2.30. The second-order valence-corrected chi connectivity index (χ2v) is 5.45. The van der Waals surface area contributed by atoms with Crippen LogP contribution in [0.1, 0.15) is 38.1 Å². The summed E-state index contributed by atoms with van der Waals surface area (Å²) < 4.78 is 1.61. The fourth-order valence-corrected chi connectivity index (χ4v) is 2.51. The molecule has 1 fully saturated rings. The van der Waals surface area contributed by atoms with Crippen LogP contribution in [0.15, 0.2) is 6.33 Å². The SMILES string of the molecule is CC(C)NC(C#N)(Cn1cnc(C#N)c1C#N)C1CC1. The molecule has 6 heteroatoms. The van der Waals surface area contributed by atoms with Gasteiger partial charge in [0.15, 0.2) is 11.4 Å². The van der Waals surface area contributed by atoms with Crippen molar-refractivity contribution in [2.24, 2.45) is 5.92 Å². The summed E-state index contributed by atoms with van der Waals surface area (Å²) in [5.74, 6) is 0.286. The van der Waals surface area contributed by atoms with E-state index in [0.717, 1.165) is 12.8 Å². The molecule has 102 valence electrons. The van der Waals surface area contributed by atoms with E-state index in [-0.39, 0.29) is 23.3 Å². The van der Waals surface area contributed by atoms with Crippen molar-refractivity contribution in [1.82, 2.24) is 14.9 Å². The van der Waals surface area contributed by atoms with Crippen molar-refractivity contribution in [3.63, 3.8) is 0 Å². The van der Waals surface area contributed by atoms with Crippen molar-refractivity contribution in [2.45, 2.75) is 44.8 Å². The van der Waals surface area contributed by atoms with E-state index < -0.39 is 5.54 Å². The summed E-state index contributed by atoms with van der Waals surface area (Å²) in [7, 11) is 0. The van der Waals surface area contributed by atoms with Crippen LogP contribution in [0, 0.1) is 39.9 Å². The molecule has 0 amide bonds. The smallest absolute Gasteiger partial charge is 0.176 e. The maximum absolute atomic E-state index is 9.63. The van der Waals surface area contributed by atoms with Crippen LogP contribution in [-0.2, 0) is 6.54 Å². The zero-order valence-corrected chi connectivity index (χ0v) is 11.6. The molecule has 2 rings (SSSR count). The number of hydrogen-bond donors (Lipinski definition) is 1. The fraction of sp³-hybridized carbons (Fsp3) is 0.571. The molecule has 1 saturated carbocycles. The van der Waals surface area contributed by atoms with Crippen LogP contribution in [0.4, 0.5) is 0 Å². The van der Waals surface area contributed by atoms with Crippen LogP contribution >= 0.6 is 0 Å². The standard InChI is InChI=1S/C14H16N6/c1-10(2)19-14(7-17,11-3-4-11)8-20-9-18-12(5-15)13(20)6-16/h9-11,19H,3-4,8H2,1-2H3. The van der Waals surface area contributed by atoms with Crippen molar-refractivity contribution < 1.29 is 0 Å². The minimum absolute atomic E-state index is 0.111. The highest BCUT2D eigenvalue weighted by molar-refractivity contribution is 5.36. The minimum atomic E-state index is -0.701. The first-order valence-corrected chi connectivity index (χ1v) is 6.60. The van der Waals surface area contributed by atoms with Gasteiger partial charge in [0.25, 0.3) is 0 Å². The van der Waals surface area contributed by atoms with Crippen LogP contribution in [0.3, 0.4) is 0 Å². The summed E-state index contributed by atoms with van der Waals surface area (Å²) in [6.45, 7) is 4.33. The van der Waals surface area contributed by atoms with E-state index in [0.29, 0.717) is 6.54 Å². The van der Waals surface area contributed by atoms with Crippen molar-refractivity contribution in [3.8, 4) is 18.2 Å². The highest BCUT2D eigenvalue weighted by atomic mass is 15.1. The highest BCUT2D eigenvalue weighted by Crippen LogP contribution is 2.41. The Hall–Kier alpha value is -2.36. The predicted molar refractivity (Wildman–Crippen MR) is 71.0 cm³/mol. The van der Waals surface area contributed by atoms with Gasteiger partial charge in [-0.15, -0.1) is 0 Å². The van der Waals surface area contributed by atoms with Crippen molar-refractivity contribution >= 4 is 0 Å². The molecular formula is C14H16N6. The topological polar surface area (TPSA) is 101 Å². The van der Waals surface area contributed by atoms with E-state index in [1.54, 1.807) is 4.57 Å². The summed E-state index contributed by atoms with van der Waals surface area (Å²) in [5.41, 5.74) is -0.370. The first-order valence-electron chi connectivity index (χ1n) is 6.60. The molecule has 1 aliphatic rings. The summed E-state index contributed by atoms with van der Waals surface area (Å²) in [6.07, 6.45) is 3.48. The van der Waals surface area contributed by atoms with Gasteiger partial charge < -0.3 is 4.57 Å². The molecule has 0 saturated heterocycles. The van der Waals surface area contributed by atoms with Gasteiger partial charge in [0, 0.05) is 6.04 Å². The molecule has 1 heterocycles. The Morgan fingerprint density at radius 2 is 2.10 bits per heavy atom. The molecule has 20 heavy (non-hydrogen) atoms. The number of nitrogens with zero attached hydrogens (tertiary/aromatic N) is 5. The number of hydrogen-bond acceptors (Lipinski definition) is 5. The lowest BCUT2D eigenvalue weighted by Crippen LogP contribution is -2.52. The maximum atomic E-state index is 9.63. The summed E-state index contributed by atoms with van der Waals surface area (Å²) in [4.78, 5) is 3.92. The van der Waals surface area contributed by atoms with Gasteiger partial charge in [-0.1, -0.05) is 0 Å². The first kappa shape index (κ1) is 14.1. The predicted octanol–water partition coefficient (Wildman–Crippen LogP) is 1.30.